The van der Waals surface area contributed by atoms with Crippen molar-refractivity contribution in [1.29, 1.82) is 0 Å². The molecule has 9 nitrogen and oxygen atoms in total. The fourth-order valence-corrected chi connectivity index (χ4v) is 5.37. The molecule has 1 aliphatic carbocycles. The lowest BCUT2D eigenvalue weighted by Gasteiger charge is -2.23. The van der Waals surface area contributed by atoms with E-state index in [9.17, 15) is 5.11 Å². The van der Waals surface area contributed by atoms with E-state index in [1.165, 1.54) is 0 Å². The van der Waals surface area contributed by atoms with Crippen LogP contribution in [0.15, 0.2) is 97.3 Å². The minimum absolute atomic E-state index is 0.0782. The summed E-state index contributed by atoms with van der Waals surface area (Å²) >= 11 is 0. The Bertz CT molecular complexity index is 1550. The number of aliphatic hydroxyl groups excluding tert-OH is 1. The van der Waals surface area contributed by atoms with Crippen molar-refractivity contribution in [2.45, 2.75) is 44.5 Å². The van der Waals surface area contributed by atoms with Crippen LogP contribution in [0, 0.1) is 5.92 Å². The van der Waals surface area contributed by atoms with Crippen molar-refractivity contribution in [3.63, 3.8) is 0 Å². The molecule has 2 heterocycles. The van der Waals surface area contributed by atoms with E-state index in [0.29, 0.717) is 49.9 Å². The Kier molecular flexibility index (Phi) is 8.18. The number of hydrogen-bond acceptors (Lipinski definition) is 8. The fourth-order valence-electron chi connectivity index (χ4n) is 5.37. The molecule has 0 radical (unpaired) electrons. The molecule has 2 aromatic heterocycles. The number of hydrogen-bond donors (Lipinski definition) is 2. The smallest absolute Gasteiger partial charge is 0.247 e. The largest absolute Gasteiger partial charge is 0.471 e. The summed E-state index contributed by atoms with van der Waals surface area (Å²) in [7, 11) is 0. The van der Waals surface area contributed by atoms with Crippen molar-refractivity contribution in [3.8, 4) is 5.88 Å². The Morgan fingerprint density at radius 3 is 2.07 bits per heavy atom. The van der Waals surface area contributed by atoms with Crippen molar-refractivity contribution < 1.29 is 19.3 Å². The lowest BCUT2D eigenvalue weighted by Crippen LogP contribution is -2.31. The van der Waals surface area contributed by atoms with Crippen molar-refractivity contribution >= 4 is 17.1 Å². The Morgan fingerprint density at radius 2 is 1.41 bits per heavy atom. The minimum atomic E-state index is -0.756. The fraction of sp³-hybridized carbons (Fsp3) is 0.281. The van der Waals surface area contributed by atoms with Crippen molar-refractivity contribution in [2.24, 2.45) is 5.92 Å². The predicted octanol–water partition coefficient (Wildman–Crippen LogP) is 4.71. The van der Waals surface area contributed by atoms with E-state index in [2.05, 4.69) is 15.0 Å². The highest BCUT2D eigenvalue weighted by molar-refractivity contribution is 5.77. The lowest BCUT2D eigenvalue weighted by atomic mass is 10.0. The second-order valence-corrected chi connectivity index (χ2v) is 10.3. The highest BCUT2D eigenvalue weighted by Gasteiger charge is 2.45. The molecule has 3 N–H and O–H groups in total. The van der Waals surface area contributed by atoms with Crippen LogP contribution in [0.2, 0.25) is 0 Å². The van der Waals surface area contributed by atoms with E-state index in [1.54, 1.807) is 6.33 Å². The van der Waals surface area contributed by atoms with E-state index in [4.69, 9.17) is 19.9 Å². The molecule has 0 unspecified atom stereocenters. The summed E-state index contributed by atoms with van der Waals surface area (Å²) in [6.45, 7) is 1.57. The highest BCUT2D eigenvalue weighted by atomic mass is 16.5. The number of imidazole rings is 1. The molecule has 0 saturated heterocycles. The molecular formula is C32H33N5O4. The number of ether oxygens (including phenoxy) is 3. The predicted molar refractivity (Wildman–Crippen MR) is 155 cm³/mol. The van der Waals surface area contributed by atoms with Gasteiger partial charge in [-0.2, -0.15) is 9.97 Å². The van der Waals surface area contributed by atoms with Gasteiger partial charge in [0.1, 0.15) is 6.61 Å². The third kappa shape index (κ3) is 6.22. The molecule has 1 aliphatic rings. The number of benzene rings is 3. The van der Waals surface area contributed by atoms with Crippen molar-refractivity contribution in [3.05, 3.63) is 114 Å². The Morgan fingerprint density at radius 1 is 0.805 bits per heavy atom. The maximum atomic E-state index is 11.6. The maximum absolute atomic E-state index is 11.6. The summed E-state index contributed by atoms with van der Waals surface area (Å²) in [5.41, 5.74) is 10.2. The number of nitrogens with two attached hydrogens (primary N) is 1. The monoisotopic (exact) mass is 551 g/mol. The number of nitrogen functional groups attached to an aromatic ring is 1. The first-order chi connectivity index (χ1) is 20.2. The number of nitrogens with zero attached hydrogens (tertiary/aromatic N) is 4. The highest BCUT2D eigenvalue weighted by Crippen LogP contribution is 2.40. The van der Waals surface area contributed by atoms with Gasteiger partial charge in [-0.15, -0.1) is 0 Å². The molecule has 4 atom stereocenters. The zero-order valence-electron chi connectivity index (χ0n) is 22.6. The first-order valence-electron chi connectivity index (χ1n) is 13.8. The molecule has 210 valence electrons. The number of rotatable bonds is 11. The summed E-state index contributed by atoms with van der Waals surface area (Å²) in [6.07, 6.45) is 1.23. The van der Waals surface area contributed by atoms with Gasteiger partial charge in [-0.3, -0.25) is 0 Å². The number of fused-ring (bicyclic) bond motifs is 1. The molecule has 0 spiro atoms. The first-order valence-corrected chi connectivity index (χ1v) is 13.8. The van der Waals surface area contributed by atoms with Crippen LogP contribution in [0.1, 0.15) is 29.2 Å². The Labute approximate surface area is 238 Å². The van der Waals surface area contributed by atoms with Crippen LogP contribution in [0.3, 0.4) is 0 Å². The summed E-state index contributed by atoms with van der Waals surface area (Å²) in [5.74, 6) is 0.134. The summed E-state index contributed by atoms with van der Waals surface area (Å²) < 4.78 is 20.3. The molecule has 0 aliphatic heterocycles. The molecule has 5 aromatic rings. The number of aliphatic hydroxyl groups is 1. The van der Waals surface area contributed by atoms with Gasteiger partial charge < -0.3 is 29.6 Å². The third-order valence-corrected chi connectivity index (χ3v) is 7.50. The van der Waals surface area contributed by atoms with Crippen LogP contribution in [0.4, 0.5) is 5.95 Å². The number of anilines is 1. The van der Waals surface area contributed by atoms with E-state index in [0.717, 1.165) is 16.7 Å². The number of aromatic nitrogens is 4. The minimum Gasteiger partial charge on any atom is -0.471 e. The van der Waals surface area contributed by atoms with Crippen molar-refractivity contribution in [2.75, 3.05) is 12.3 Å². The summed E-state index contributed by atoms with van der Waals surface area (Å²) in [5, 5.41) is 11.6. The van der Waals surface area contributed by atoms with Crippen LogP contribution in [-0.2, 0) is 29.3 Å². The first kappa shape index (κ1) is 26.9. The molecular weight excluding hydrogens is 518 g/mol. The van der Waals surface area contributed by atoms with Gasteiger partial charge in [0.25, 0.3) is 0 Å². The molecule has 0 bridgehead atoms. The van der Waals surface area contributed by atoms with Gasteiger partial charge in [-0.05, 0) is 23.1 Å². The van der Waals surface area contributed by atoms with Crippen LogP contribution in [0.25, 0.3) is 11.2 Å². The van der Waals surface area contributed by atoms with Crippen LogP contribution >= 0.6 is 0 Å². The van der Waals surface area contributed by atoms with Crippen LogP contribution < -0.4 is 10.5 Å². The Hall–Kier alpha value is -4.31. The third-order valence-electron chi connectivity index (χ3n) is 7.50. The van der Waals surface area contributed by atoms with E-state index in [1.807, 2.05) is 95.6 Å². The molecule has 1 saturated carbocycles. The van der Waals surface area contributed by atoms with Gasteiger partial charge in [-0.25, -0.2) is 4.98 Å². The van der Waals surface area contributed by atoms with Gasteiger partial charge in [0.2, 0.25) is 11.8 Å². The SMILES string of the molecule is Nc1nc(OCc2ccccc2)c2ncn([C@@H]3C[C@@H](OCc4ccccc4)[C@@H](COCc4ccccc4)[C@@H]3O)c2n1. The van der Waals surface area contributed by atoms with Crippen molar-refractivity contribution in [1.82, 2.24) is 19.5 Å². The topological polar surface area (TPSA) is 118 Å². The zero-order valence-corrected chi connectivity index (χ0v) is 22.6. The van der Waals surface area contributed by atoms with E-state index < -0.39 is 6.10 Å². The van der Waals surface area contributed by atoms with Gasteiger partial charge in [0.15, 0.2) is 11.2 Å². The standard InChI is InChI=1S/C32H33N5O4/c33-32-35-30-28(31(36-32)41-19-24-14-8-3-9-15-24)34-21-37(30)26-16-27(40-18-23-12-6-2-7-13-23)25(29(26)38)20-39-17-22-10-4-1-5-11-22/h1-15,21,25-27,29,38H,16-20H2,(H2,33,35,36)/t25-,26-,27-,29+/m1/s1. The molecule has 41 heavy (non-hydrogen) atoms. The molecule has 0 amide bonds. The normalized spacial score (nSPS) is 20.4. The molecule has 9 heteroatoms. The quantitative estimate of drug-likeness (QED) is 0.242. The van der Waals surface area contributed by atoms with E-state index >= 15 is 0 Å². The average molecular weight is 552 g/mol. The van der Waals surface area contributed by atoms with Crippen LogP contribution in [0.5, 0.6) is 5.88 Å². The summed E-state index contributed by atoms with van der Waals surface area (Å²) in [6, 6.07) is 29.5. The van der Waals surface area contributed by atoms with Gasteiger partial charge in [-0.1, -0.05) is 91.0 Å². The molecule has 3 aromatic carbocycles. The molecule has 6 rings (SSSR count). The van der Waals surface area contributed by atoms with Crippen LogP contribution in [-0.4, -0.2) is 43.4 Å². The lowest BCUT2D eigenvalue weighted by molar-refractivity contribution is -0.0475. The average Bonchev–Trinajstić information content (AvgIpc) is 3.56. The second kappa shape index (κ2) is 12.5. The zero-order chi connectivity index (χ0) is 28.0. The van der Waals surface area contributed by atoms with Gasteiger partial charge in [0, 0.05) is 5.92 Å². The Balaban J connectivity index is 1.23. The maximum Gasteiger partial charge on any atom is 0.247 e. The van der Waals surface area contributed by atoms with Gasteiger partial charge in [0.05, 0.1) is 44.4 Å². The second-order valence-electron chi connectivity index (χ2n) is 10.3. The molecule has 1 fully saturated rings. The summed E-state index contributed by atoms with van der Waals surface area (Å²) in [4.78, 5) is 13.3. The van der Waals surface area contributed by atoms with Gasteiger partial charge >= 0.3 is 0 Å². The van der Waals surface area contributed by atoms with E-state index in [-0.39, 0.29) is 24.0 Å².